The fourth-order valence-electron chi connectivity index (χ4n) is 2.22. The molecule has 88 valence electrons. The summed E-state index contributed by atoms with van der Waals surface area (Å²) < 4.78 is 0. The first-order valence-electron chi connectivity index (χ1n) is 5.92. The molecule has 0 spiro atoms. The van der Waals surface area contributed by atoms with Crippen molar-refractivity contribution in [2.45, 2.75) is 31.9 Å². The highest BCUT2D eigenvalue weighted by molar-refractivity contribution is 5.13. The third-order valence-corrected chi connectivity index (χ3v) is 3.21. The Kier molecular flexibility index (Phi) is 4.34. The zero-order chi connectivity index (χ0) is 11.2. The first kappa shape index (κ1) is 11.6. The second-order valence-corrected chi connectivity index (χ2v) is 4.37. The van der Waals surface area contributed by atoms with Gasteiger partial charge < -0.3 is 5.11 Å². The van der Waals surface area contributed by atoms with E-state index in [9.17, 15) is 0 Å². The van der Waals surface area contributed by atoms with E-state index in [-0.39, 0.29) is 6.61 Å². The molecule has 0 aromatic heterocycles. The van der Waals surface area contributed by atoms with E-state index in [0.717, 1.165) is 18.4 Å². The molecule has 0 heterocycles. The molecule has 16 heavy (non-hydrogen) atoms. The number of hydrogen-bond donors (Lipinski definition) is 2. The van der Waals surface area contributed by atoms with E-state index in [1.807, 2.05) is 30.3 Å². The van der Waals surface area contributed by atoms with E-state index in [2.05, 4.69) is 5.48 Å². The van der Waals surface area contributed by atoms with Crippen LogP contribution < -0.4 is 5.48 Å². The van der Waals surface area contributed by atoms with Crippen LogP contribution in [0.2, 0.25) is 0 Å². The maximum atomic E-state index is 9.16. The molecule has 2 unspecified atom stereocenters. The van der Waals surface area contributed by atoms with E-state index < -0.39 is 0 Å². The minimum Gasteiger partial charge on any atom is -0.396 e. The molecule has 0 saturated heterocycles. The van der Waals surface area contributed by atoms with Crippen LogP contribution in [-0.2, 0) is 11.4 Å². The fourth-order valence-corrected chi connectivity index (χ4v) is 2.22. The van der Waals surface area contributed by atoms with Crippen LogP contribution >= 0.6 is 0 Å². The second kappa shape index (κ2) is 5.99. The van der Waals surface area contributed by atoms with Crippen molar-refractivity contribution in [1.29, 1.82) is 0 Å². The zero-order valence-electron chi connectivity index (χ0n) is 9.43. The van der Waals surface area contributed by atoms with Crippen LogP contribution in [0.5, 0.6) is 0 Å². The van der Waals surface area contributed by atoms with Crippen molar-refractivity contribution >= 4 is 0 Å². The largest absolute Gasteiger partial charge is 0.396 e. The Hall–Kier alpha value is -0.900. The van der Waals surface area contributed by atoms with Crippen molar-refractivity contribution in [1.82, 2.24) is 5.48 Å². The van der Waals surface area contributed by atoms with Gasteiger partial charge in [-0.25, -0.2) is 0 Å². The van der Waals surface area contributed by atoms with Crippen LogP contribution in [0.1, 0.15) is 24.8 Å². The van der Waals surface area contributed by atoms with Gasteiger partial charge in [-0.1, -0.05) is 36.8 Å². The number of benzene rings is 1. The Morgan fingerprint density at radius 1 is 1.25 bits per heavy atom. The summed E-state index contributed by atoms with van der Waals surface area (Å²) in [5.74, 6) is 0.357. The van der Waals surface area contributed by atoms with Crippen molar-refractivity contribution in [2.75, 3.05) is 6.61 Å². The molecule has 0 bridgehead atoms. The lowest BCUT2D eigenvalue weighted by Crippen LogP contribution is -2.33. The summed E-state index contributed by atoms with van der Waals surface area (Å²) in [5.41, 5.74) is 4.23. The van der Waals surface area contributed by atoms with Crippen molar-refractivity contribution in [3.63, 3.8) is 0 Å². The smallest absolute Gasteiger partial charge is 0.0933 e. The third kappa shape index (κ3) is 3.04. The van der Waals surface area contributed by atoms with E-state index in [0.29, 0.717) is 18.6 Å². The summed E-state index contributed by atoms with van der Waals surface area (Å²) in [6.45, 7) is 0.835. The van der Waals surface area contributed by atoms with Crippen molar-refractivity contribution in [2.24, 2.45) is 5.92 Å². The Balaban J connectivity index is 1.72. The van der Waals surface area contributed by atoms with Gasteiger partial charge >= 0.3 is 0 Å². The molecule has 1 aliphatic rings. The molecule has 1 fully saturated rings. The van der Waals surface area contributed by atoms with Gasteiger partial charge in [-0.2, -0.15) is 5.48 Å². The van der Waals surface area contributed by atoms with E-state index in [4.69, 9.17) is 9.94 Å². The van der Waals surface area contributed by atoms with Gasteiger partial charge in [0.1, 0.15) is 0 Å². The first-order valence-corrected chi connectivity index (χ1v) is 5.92. The lowest BCUT2D eigenvalue weighted by Gasteiger charge is -2.18. The molecule has 3 nitrogen and oxygen atoms in total. The predicted octanol–water partition coefficient (Wildman–Crippen LogP) is 1.87. The molecular weight excluding hydrogens is 202 g/mol. The van der Waals surface area contributed by atoms with Gasteiger partial charge in [-0.15, -0.1) is 0 Å². The Morgan fingerprint density at radius 3 is 2.81 bits per heavy atom. The number of nitrogens with one attached hydrogen (secondary N) is 1. The van der Waals surface area contributed by atoms with Crippen LogP contribution in [-0.4, -0.2) is 17.8 Å². The number of aliphatic hydroxyl groups excluding tert-OH is 1. The normalized spacial score (nSPS) is 24.8. The number of aliphatic hydroxyl groups is 1. The minimum atomic E-state index is 0.256. The van der Waals surface area contributed by atoms with Gasteiger partial charge in [0.15, 0.2) is 0 Å². The van der Waals surface area contributed by atoms with E-state index in [1.165, 1.54) is 6.42 Å². The standard InChI is InChI=1S/C13H19NO2/c15-9-12-7-4-8-13(12)14-16-10-11-5-2-1-3-6-11/h1-3,5-6,12-15H,4,7-10H2. The maximum Gasteiger partial charge on any atom is 0.0933 e. The quantitative estimate of drug-likeness (QED) is 0.746. The first-order chi connectivity index (χ1) is 7.90. The third-order valence-electron chi connectivity index (χ3n) is 3.21. The Bertz CT molecular complexity index is 302. The van der Waals surface area contributed by atoms with Crippen LogP contribution in [0, 0.1) is 5.92 Å². The molecule has 2 rings (SSSR count). The highest BCUT2D eigenvalue weighted by Crippen LogP contribution is 2.24. The highest BCUT2D eigenvalue weighted by atomic mass is 16.6. The van der Waals surface area contributed by atoms with Crippen molar-refractivity contribution < 1.29 is 9.94 Å². The topological polar surface area (TPSA) is 41.5 Å². The van der Waals surface area contributed by atoms with Crippen molar-refractivity contribution in [3.05, 3.63) is 35.9 Å². The predicted molar refractivity (Wildman–Crippen MR) is 62.6 cm³/mol. The molecule has 0 amide bonds. The van der Waals surface area contributed by atoms with Crippen LogP contribution in [0.4, 0.5) is 0 Å². The highest BCUT2D eigenvalue weighted by Gasteiger charge is 2.26. The molecule has 1 aliphatic carbocycles. The van der Waals surface area contributed by atoms with Gasteiger partial charge in [-0.05, 0) is 24.3 Å². The molecule has 1 saturated carbocycles. The van der Waals surface area contributed by atoms with Gasteiger partial charge in [0, 0.05) is 12.6 Å². The summed E-state index contributed by atoms with van der Waals surface area (Å²) in [6, 6.07) is 10.4. The van der Waals surface area contributed by atoms with E-state index >= 15 is 0 Å². The average Bonchev–Trinajstić information content (AvgIpc) is 2.78. The molecule has 0 radical (unpaired) electrons. The SMILES string of the molecule is OCC1CCCC1NOCc1ccccc1. The second-order valence-electron chi connectivity index (χ2n) is 4.37. The molecule has 3 heteroatoms. The molecule has 1 aromatic carbocycles. The lowest BCUT2D eigenvalue weighted by molar-refractivity contribution is -0.0108. The summed E-state index contributed by atoms with van der Waals surface area (Å²) in [6.07, 6.45) is 3.38. The summed E-state index contributed by atoms with van der Waals surface area (Å²) in [4.78, 5) is 5.47. The lowest BCUT2D eigenvalue weighted by atomic mass is 10.1. The van der Waals surface area contributed by atoms with E-state index in [1.54, 1.807) is 0 Å². The number of hydroxylamine groups is 1. The summed E-state index contributed by atoms with van der Waals surface area (Å²) in [7, 11) is 0. The Morgan fingerprint density at radius 2 is 2.06 bits per heavy atom. The monoisotopic (exact) mass is 221 g/mol. The maximum absolute atomic E-state index is 9.16. The Labute approximate surface area is 96.4 Å². The molecule has 2 N–H and O–H groups in total. The van der Waals surface area contributed by atoms with Crippen molar-refractivity contribution in [3.8, 4) is 0 Å². The summed E-state index contributed by atoms with van der Waals surface area (Å²) >= 11 is 0. The molecule has 1 aromatic rings. The summed E-state index contributed by atoms with van der Waals surface area (Å²) in [5, 5.41) is 9.16. The van der Waals surface area contributed by atoms with Crippen LogP contribution in [0.3, 0.4) is 0 Å². The molecule has 0 aliphatic heterocycles. The fraction of sp³-hybridized carbons (Fsp3) is 0.538. The van der Waals surface area contributed by atoms with Gasteiger partial charge in [0.25, 0.3) is 0 Å². The molecular formula is C13H19NO2. The van der Waals surface area contributed by atoms with Crippen LogP contribution in [0.15, 0.2) is 30.3 Å². The number of rotatable bonds is 5. The van der Waals surface area contributed by atoms with Gasteiger partial charge in [-0.3, -0.25) is 4.84 Å². The van der Waals surface area contributed by atoms with Crippen LogP contribution in [0.25, 0.3) is 0 Å². The minimum absolute atomic E-state index is 0.256. The number of hydrogen-bond acceptors (Lipinski definition) is 3. The van der Waals surface area contributed by atoms with Gasteiger partial charge in [0.2, 0.25) is 0 Å². The average molecular weight is 221 g/mol. The zero-order valence-corrected chi connectivity index (χ0v) is 9.43. The molecule has 2 atom stereocenters. The van der Waals surface area contributed by atoms with Gasteiger partial charge in [0.05, 0.1) is 6.61 Å².